The largest absolute Gasteiger partial charge is 1.00 e. The molecule has 2 aromatic carbocycles. The van der Waals surface area contributed by atoms with Gasteiger partial charge in [-0.05, 0) is 23.9 Å². The molecule has 0 N–H and O–H groups in total. The molecule has 0 saturated heterocycles. The molecule has 0 atom stereocenters. The molecule has 0 bridgehead atoms. The molecule has 0 radical (unpaired) electrons. The zero-order valence-corrected chi connectivity index (χ0v) is 13.1. The Bertz CT molecular complexity index is 740. The fraction of sp³-hybridized carbons (Fsp3) is 0.118. The van der Waals surface area contributed by atoms with Crippen LogP contribution in [0.2, 0.25) is 0 Å². The van der Waals surface area contributed by atoms with Crippen LogP contribution < -0.4 is 26.3 Å². The van der Waals surface area contributed by atoms with Crippen molar-refractivity contribution >= 4 is 10.8 Å². The monoisotopic (exact) mass is 329 g/mol. The summed E-state index contributed by atoms with van der Waals surface area (Å²) in [6.45, 7) is 2.10. The molecule has 102 valence electrons. The summed E-state index contributed by atoms with van der Waals surface area (Å²) >= 11 is 0. The second-order valence-electron chi connectivity index (χ2n) is 4.65. The third-order valence-electron chi connectivity index (χ3n) is 3.30. The molecule has 2 nitrogen and oxygen atoms in total. The molecule has 0 amide bonds. The van der Waals surface area contributed by atoms with Gasteiger partial charge in [0.05, 0.1) is 12.5 Å². The summed E-state index contributed by atoms with van der Waals surface area (Å²) in [5, 5.41) is 2.30. The molecule has 0 aliphatic carbocycles. The molecule has 3 heteroatoms. The van der Waals surface area contributed by atoms with E-state index in [0.29, 0.717) is 0 Å². The Hall–Kier alpha value is -1.87. The van der Waals surface area contributed by atoms with Gasteiger partial charge in [0.1, 0.15) is 5.75 Å². The number of benzene rings is 2. The summed E-state index contributed by atoms with van der Waals surface area (Å²) in [5.74, 6) is 0.902. The Morgan fingerprint density at radius 3 is 2.55 bits per heavy atom. The van der Waals surface area contributed by atoms with E-state index in [1.165, 1.54) is 10.9 Å². The number of hydrogen-bond donors (Lipinski definition) is 0. The quantitative estimate of drug-likeness (QED) is 0.622. The van der Waals surface area contributed by atoms with Crippen molar-refractivity contribution in [1.82, 2.24) is 0 Å². The number of methoxy groups -OCH3 is 1. The SMILES string of the molecule is COc1cccc2cc[n+](-c3cccc(C)c3)cc12.[Br-]. The van der Waals surface area contributed by atoms with E-state index >= 15 is 0 Å². The Morgan fingerprint density at radius 1 is 1.00 bits per heavy atom. The fourth-order valence-corrected chi connectivity index (χ4v) is 2.31. The molecule has 0 aliphatic heterocycles. The minimum absolute atomic E-state index is 0. The smallest absolute Gasteiger partial charge is 0.210 e. The third kappa shape index (κ3) is 2.68. The van der Waals surface area contributed by atoms with E-state index in [1.54, 1.807) is 7.11 Å². The average molecular weight is 330 g/mol. The van der Waals surface area contributed by atoms with Crippen LogP contribution in [0.25, 0.3) is 16.5 Å². The number of aryl methyl sites for hydroxylation is 1. The number of rotatable bonds is 2. The van der Waals surface area contributed by atoms with Crippen LogP contribution in [0.5, 0.6) is 5.75 Å². The summed E-state index contributed by atoms with van der Waals surface area (Å²) in [7, 11) is 1.71. The predicted molar refractivity (Wildman–Crippen MR) is 76.8 cm³/mol. The third-order valence-corrected chi connectivity index (χ3v) is 3.30. The average Bonchev–Trinajstić information content (AvgIpc) is 2.46. The minimum Gasteiger partial charge on any atom is -1.00 e. The van der Waals surface area contributed by atoms with Gasteiger partial charge in [-0.25, -0.2) is 0 Å². The summed E-state index contributed by atoms with van der Waals surface area (Å²) < 4.78 is 7.55. The summed E-state index contributed by atoms with van der Waals surface area (Å²) in [6.07, 6.45) is 4.19. The first kappa shape index (κ1) is 14.5. The van der Waals surface area contributed by atoms with Gasteiger partial charge in [0.2, 0.25) is 5.69 Å². The Kier molecular flexibility index (Phi) is 4.40. The van der Waals surface area contributed by atoms with Gasteiger partial charge in [0, 0.05) is 18.2 Å². The number of ether oxygens (including phenoxy) is 1. The van der Waals surface area contributed by atoms with Crippen molar-refractivity contribution in [2.75, 3.05) is 7.11 Å². The van der Waals surface area contributed by atoms with Gasteiger partial charge < -0.3 is 21.7 Å². The van der Waals surface area contributed by atoms with Gasteiger partial charge in [-0.15, -0.1) is 0 Å². The molecule has 0 spiro atoms. The first-order valence-corrected chi connectivity index (χ1v) is 6.33. The van der Waals surface area contributed by atoms with Crippen molar-refractivity contribution in [3.05, 3.63) is 66.5 Å². The standard InChI is InChI=1S/C17H16NO.BrH/c1-13-5-3-7-15(11-13)18-10-9-14-6-4-8-17(19-2)16(14)12-18;/h3-12H,1-2H3;1H/q+1;/p-1. The fourth-order valence-electron chi connectivity index (χ4n) is 2.31. The number of halogens is 1. The molecule has 3 rings (SSSR count). The molecule has 20 heavy (non-hydrogen) atoms. The lowest BCUT2D eigenvalue weighted by molar-refractivity contribution is -0.594. The summed E-state index contributed by atoms with van der Waals surface area (Å²) in [5.41, 5.74) is 2.41. The van der Waals surface area contributed by atoms with Crippen LogP contribution in [0.4, 0.5) is 0 Å². The highest BCUT2D eigenvalue weighted by Crippen LogP contribution is 2.23. The lowest BCUT2D eigenvalue weighted by atomic mass is 10.1. The van der Waals surface area contributed by atoms with Crippen molar-refractivity contribution in [3.8, 4) is 11.4 Å². The van der Waals surface area contributed by atoms with Crippen molar-refractivity contribution in [2.45, 2.75) is 6.92 Å². The molecule has 0 fully saturated rings. The lowest BCUT2D eigenvalue weighted by Gasteiger charge is -2.04. The second kappa shape index (κ2) is 6.06. The van der Waals surface area contributed by atoms with E-state index in [9.17, 15) is 0 Å². The van der Waals surface area contributed by atoms with Gasteiger partial charge in [-0.1, -0.05) is 24.3 Å². The van der Waals surface area contributed by atoms with Gasteiger partial charge >= 0.3 is 0 Å². The van der Waals surface area contributed by atoms with E-state index in [-0.39, 0.29) is 17.0 Å². The van der Waals surface area contributed by atoms with Gasteiger partial charge in [-0.3, -0.25) is 0 Å². The predicted octanol–water partition coefficient (Wildman–Crippen LogP) is 0.438. The number of hydrogen-bond acceptors (Lipinski definition) is 1. The van der Waals surface area contributed by atoms with Crippen LogP contribution in [-0.2, 0) is 0 Å². The molecule has 3 aromatic rings. The number of nitrogens with zero attached hydrogens (tertiary/aromatic N) is 1. The zero-order chi connectivity index (χ0) is 13.2. The van der Waals surface area contributed by atoms with Crippen molar-refractivity contribution < 1.29 is 26.3 Å². The lowest BCUT2D eigenvalue weighted by Crippen LogP contribution is -3.00. The second-order valence-corrected chi connectivity index (χ2v) is 4.65. The van der Waals surface area contributed by atoms with Gasteiger partial charge in [0.15, 0.2) is 12.4 Å². The van der Waals surface area contributed by atoms with Crippen LogP contribution in [-0.4, -0.2) is 7.11 Å². The Morgan fingerprint density at radius 2 is 1.80 bits per heavy atom. The molecule has 0 saturated carbocycles. The van der Waals surface area contributed by atoms with Gasteiger partial charge in [0.25, 0.3) is 0 Å². The highest BCUT2D eigenvalue weighted by atomic mass is 79.9. The van der Waals surface area contributed by atoms with E-state index in [4.69, 9.17) is 4.74 Å². The molecular weight excluding hydrogens is 314 g/mol. The first-order valence-electron chi connectivity index (χ1n) is 6.33. The maximum absolute atomic E-state index is 5.43. The number of aromatic nitrogens is 1. The molecule has 1 aromatic heterocycles. The van der Waals surface area contributed by atoms with E-state index in [2.05, 4.69) is 60.3 Å². The van der Waals surface area contributed by atoms with Crippen LogP contribution in [0.3, 0.4) is 0 Å². The van der Waals surface area contributed by atoms with Crippen LogP contribution in [0.1, 0.15) is 5.56 Å². The molecule has 0 aliphatic rings. The maximum Gasteiger partial charge on any atom is 0.210 e. The van der Waals surface area contributed by atoms with Crippen molar-refractivity contribution in [3.63, 3.8) is 0 Å². The minimum atomic E-state index is 0. The highest BCUT2D eigenvalue weighted by Gasteiger charge is 2.10. The normalized spacial score (nSPS) is 10.1. The highest BCUT2D eigenvalue weighted by molar-refractivity contribution is 5.86. The molecule has 1 heterocycles. The number of pyridine rings is 1. The first-order chi connectivity index (χ1) is 9.28. The Balaban J connectivity index is 0.00000147. The summed E-state index contributed by atoms with van der Waals surface area (Å²) in [6, 6.07) is 16.7. The number of fused-ring (bicyclic) bond motifs is 1. The van der Waals surface area contributed by atoms with Crippen molar-refractivity contribution in [1.29, 1.82) is 0 Å². The Labute approximate surface area is 129 Å². The molecule has 0 unspecified atom stereocenters. The topological polar surface area (TPSA) is 13.1 Å². The van der Waals surface area contributed by atoms with E-state index < -0.39 is 0 Å². The van der Waals surface area contributed by atoms with E-state index in [0.717, 1.165) is 16.8 Å². The molecular formula is C17H16BrNO. The van der Waals surface area contributed by atoms with E-state index in [1.807, 2.05) is 12.1 Å². The maximum atomic E-state index is 5.43. The van der Waals surface area contributed by atoms with Crippen LogP contribution in [0, 0.1) is 6.92 Å². The van der Waals surface area contributed by atoms with Crippen molar-refractivity contribution in [2.24, 2.45) is 0 Å². The van der Waals surface area contributed by atoms with Crippen LogP contribution >= 0.6 is 0 Å². The van der Waals surface area contributed by atoms with Crippen LogP contribution in [0.15, 0.2) is 60.9 Å². The van der Waals surface area contributed by atoms with Gasteiger partial charge in [-0.2, -0.15) is 4.57 Å². The summed E-state index contributed by atoms with van der Waals surface area (Å²) in [4.78, 5) is 0. The zero-order valence-electron chi connectivity index (χ0n) is 11.5.